The first-order chi connectivity index (χ1) is 6.39. The van der Waals surface area contributed by atoms with Gasteiger partial charge in [-0.25, -0.2) is 4.39 Å². The second kappa shape index (κ2) is 4.13. The van der Waals surface area contributed by atoms with Crippen molar-refractivity contribution < 1.29 is 17.6 Å². The summed E-state index contributed by atoms with van der Waals surface area (Å²) in [6.45, 7) is 0. The first-order valence-corrected chi connectivity index (χ1v) is 4.39. The van der Waals surface area contributed by atoms with Crippen LogP contribution in [0.3, 0.4) is 0 Å². The first-order valence-electron chi connectivity index (χ1n) is 3.59. The SMILES string of the molecule is F/C(=C/c1ccc(Br)cc1)C(F)(F)F. The predicted molar refractivity (Wildman–Crippen MR) is 49.3 cm³/mol. The van der Waals surface area contributed by atoms with Crippen molar-refractivity contribution in [2.45, 2.75) is 6.18 Å². The summed E-state index contributed by atoms with van der Waals surface area (Å²) in [4.78, 5) is 0. The van der Waals surface area contributed by atoms with Crippen LogP contribution in [0.2, 0.25) is 0 Å². The monoisotopic (exact) mass is 268 g/mol. The van der Waals surface area contributed by atoms with Crippen molar-refractivity contribution in [2.75, 3.05) is 0 Å². The standard InChI is InChI=1S/C9H5BrF4/c10-7-3-1-6(2-4-7)5-8(11)9(12,13)14/h1-5H/b8-5+. The number of hydrogen-bond acceptors (Lipinski definition) is 0. The quantitative estimate of drug-likeness (QED) is 0.666. The molecule has 0 N–H and O–H groups in total. The van der Waals surface area contributed by atoms with Crippen molar-refractivity contribution in [3.63, 3.8) is 0 Å². The molecule has 0 radical (unpaired) electrons. The molecule has 0 heterocycles. The molecule has 1 aromatic carbocycles. The summed E-state index contributed by atoms with van der Waals surface area (Å²) < 4.78 is 48.4. The summed E-state index contributed by atoms with van der Waals surface area (Å²) in [5.74, 6) is -2.10. The van der Waals surface area contributed by atoms with E-state index in [1.807, 2.05) is 0 Å². The maximum atomic E-state index is 12.4. The van der Waals surface area contributed by atoms with E-state index in [4.69, 9.17) is 0 Å². The molecule has 0 unspecified atom stereocenters. The summed E-state index contributed by atoms with van der Waals surface area (Å²) in [7, 11) is 0. The Balaban J connectivity index is 2.93. The number of allylic oxidation sites excluding steroid dienone is 1. The zero-order valence-corrected chi connectivity index (χ0v) is 8.36. The van der Waals surface area contributed by atoms with Gasteiger partial charge in [0.1, 0.15) is 0 Å². The van der Waals surface area contributed by atoms with Crippen LogP contribution in [-0.4, -0.2) is 6.18 Å². The summed E-state index contributed by atoms with van der Waals surface area (Å²) in [6.07, 6.45) is -4.46. The Bertz CT molecular complexity index is 337. The average Bonchev–Trinajstić information content (AvgIpc) is 2.07. The fourth-order valence-electron chi connectivity index (χ4n) is 0.787. The van der Waals surface area contributed by atoms with Gasteiger partial charge in [0, 0.05) is 4.47 Å². The third-order valence-corrected chi connectivity index (χ3v) is 1.96. The Hall–Kier alpha value is -0.840. The van der Waals surface area contributed by atoms with E-state index < -0.39 is 12.0 Å². The minimum absolute atomic E-state index is 0.169. The van der Waals surface area contributed by atoms with Gasteiger partial charge in [0.2, 0.25) is 5.83 Å². The van der Waals surface area contributed by atoms with Gasteiger partial charge in [-0.2, -0.15) is 13.2 Å². The largest absolute Gasteiger partial charge is 0.442 e. The molecule has 0 aliphatic rings. The van der Waals surface area contributed by atoms with E-state index in [9.17, 15) is 17.6 Å². The molecule has 0 nitrogen and oxygen atoms in total. The zero-order valence-electron chi connectivity index (χ0n) is 6.78. The fourth-order valence-corrected chi connectivity index (χ4v) is 1.05. The van der Waals surface area contributed by atoms with Gasteiger partial charge in [-0.15, -0.1) is 0 Å². The summed E-state index contributed by atoms with van der Waals surface area (Å²) in [5, 5.41) is 0. The van der Waals surface area contributed by atoms with Crippen molar-refractivity contribution in [1.82, 2.24) is 0 Å². The van der Waals surface area contributed by atoms with E-state index in [0.717, 1.165) is 4.47 Å². The van der Waals surface area contributed by atoms with Gasteiger partial charge in [0.25, 0.3) is 0 Å². The van der Waals surface area contributed by atoms with E-state index in [1.54, 1.807) is 0 Å². The predicted octanol–water partition coefficient (Wildman–Crippen LogP) is 4.32. The third-order valence-electron chi connectivity index (χ3n) is 1.43. The molecule has 0 amide bonds. The molecule has 1 rings (SSSR count). The van der Waals surface area contributed by atoms with Gasteiger partial charge in [-0.05, 0) is 23.8 Å². The Kier molecular flexibility index (Phi) is 3.31. The Labute approximate surface area is 86.4 Å². The second-order valence-electron chi connectivity index (χ2n) is 2.54. The molecular weight excluding hydrogens is 264 g/mol. The van der Waals surface area contributed by atoms with E-state index in [0.29, 0.717) is 6.08 Å². The molecule has 0 atom stereocenters. The van der Waals surface area contributed by atoms with Gasteiger partial charge < -0.3 is 0 Å². The molecule has 0 fully saturated rings. The van der Waals surface area contributed by atoms with Gasteiger partial charge in [-0.3, -0.25) is 0 Å². The molecule has 0 bridgehead atoms. The van der Waals surface area contributed by atoms with E-state index >= 15 is 0 Å². The van der Waals surface area contributed by atoms with Crippen LogP contribution in [-0.2, 0) is 0 Å². The van der Waals surface area contributed by atoms with Crippen molar-refractivity contribution in [3.8, 4) is 0 Å². The van der Waals surface area contributed by atoms with Gasteiger partial charge in [0.15, 0.2) is 0 Å². The molecule has 0 saturated heterocycles. The number of alkyl halides is 3. The van der Waals surface area contributed by atoms with Gasteiger partial charge in [0.05, 0.1) is 0 Å². The topological polar surface area (TPSA) is 0 Å². The molecule has 0 saturated carbocycles. The summed E-state index contributed by atoms with van der Waals surface area (Å²) in [6, 6.07) is 5.84. The molecule has 14 heavy (non-hydrogen) atoms. The number of halogens is 5. The van der Waals surface area contributed by atoms with Gasteiger partial charge >= 0.3 is 6.18 Å². The number of hydrogen-bond donors (Lipinski definition) is 0. The molecule has 76 valence electrons. The highest BCUT2D eigenvalue weighted by molar-refractivity contribution is 9.10. The first kappa shape index (κ1) is 11.2. The molecular formula is C9H5BrF4. The highest BCUT2D eigenvalue weighted by Gasteiger charge is 2.34. The summed E-state index contributed by atoms with van der Waals surface area (Å²) >= 11 is 3.11. The molecule has 0 aromatic heterocycles. The summed E-state index contributed by atoms with van der Waals surface area (Å²) in [5.41, 5.74) is 0.169. The Morgan fingerprint density at radius 3 is 2.07 bits per heavy atom. The highest BCUT2D eigenvalue weighted by Crippen LogP contribution is 2.28. The minimum atomic E-state index is -4.91. The minimum Gasteiger partial charge on any atom is -0.202 e. The van der Waals surface area contributed by atoms with Crippen LogP contribution in [0.15, 0.2) is 34.6 Å². The van der Waals surface area contributed by atoms with Crippen molar-refractivity contribution >= 4 is 22.0 Å². The van der Waals surface area contributed by atoms with Crippen LogP contribution in [0.5, 0.6) is 0 Å². The lowest BCUT2D eigenvalue weighted by atomic mass is 10.2. The Morgan fingerprint density at radius 1 is 1.14 bits per heavy atom. The lowest BCUT2D eigenvalue weighted by molar-refractivity contribution is -0.107. The Morgan fingerprint density at radius 2 is 1.64 bits per heavy atom. The van der Waals surface area contributed by atoms with Crippen LogP contribution < -0.4 is 0 Å². The maximum Gasteiger partial charge on any atom is 0.442 e. The van der Waals surface area contributed by atoms with Crippen LogP contribution in [0.4, 0.5) is 17.6 Å². The van der Waals surface area contributed by atoms with E-state index in [-0.39, 0.29) is 5.56 Å². The fraction of sp³-hybridized carbons (Fsp3) is 0.111. The van der Waals surface area contributed by atoms with Crippen molar-refractivity contribution in [2.24, 2.45) is 0 Å². The zero-order chi connectivity index (χ0) is 10.8. The third kappa shape index (κ3) is 3.14. The van der Waals surface area contributed by atoms with Crippen LogP contribution in [0, 0.1) is 0 Å². The lowest BCUT2D eigenvalue weighted by Crippen LogP contribution is -2.07. The molecule has 5 heteroatoms. The van der Waals surface area contributed by atoms with E-state index in [2.05, 4.69) is 15.9 Å². The lowest BCUT2D eigenvalue weighted by Gasteiger charge is -2.02. The van der Waals surface area contributed by atoms with E-state index in [1.165, 1.54) is 24.3 Å². The van der Waals surface area contributed by atoms with Crippen LogP contribution in [0.1, 0.15) is 5.56 Å². The highest BCUT2D eigenvalue weighted by atomic mass is 79.9. The average molecular weight is 269 g/mol. The number of benzene rings is 1. The van der Waals surface area contributed by atoms with Crippen molar-refractivity contribution in [3.05, 3.63) is 40.1 Å². The normalized spacial score (nSPS) is 13.1. The molecule has 0 aliphatic carbocycles. The van der Waals surface area contributed by atoms with Crippen molar-refractivity contribution in [1.29, 1.82) is 0 Å². The maximum absolute atomic E-state index is 12.4. The van der Waals surface area contributed by atoms with Crippen LogP contribution >= 0.6 is 15.9 Å². The van der Waals surface area contributed by atoms with Crippen LogP contribution in [0.25, 0.3) is 6.08 Å². The smallest absolute Gasteiger partial charge is 0.202 e. The molecule has 0 spiro atoms. The molecule has 1 aromatic rings. The van der Waals surface area contributed by atoms with Gasteiger partial charge in [-0.1, -0.05) is 28.1 Å². The number of rotatable bonds is 1. The molecule has 0 aliphatic heterocycles. The second-order valence-corrected chi connectivity index (χ2v) is 3.46.